The first-order chi connectivity index (χ1) is 9.47. The first kappa shape index (κ1) is 15.1. The summed E-state index contributed by atoms with van der Waals surface area (Å²) in [5, 5.41) is 4.50. The van der Waals surface area contributed by atoms with Gasteiger partial charge in [-0.2, -0.15) is 0 Å². The highest BCUT2D eigenvalue weighted by molar-refractivity contribution is 5.84. The van der Waals surface area contributed by atoms with E-state index in [4.69, 9.17) is 4.42 Å². The molecule has 0 aliphatic heterocycles. The highest BCUT2D eigenvalue weighted by atomic mass is 16.3. The quantitative estimate of drug-likeness (QED) is 0.847. The largest absolute Gasteiger partial charge is 0.459 e. The second-order valence-electron chi connectivity index (χ2n) is 6.61. The molecule has 0 fully saturated rings. The molecule has 0 atom stereocenters. The first-order valence-electron chi connectivity index (χ1n) is 7.66. The second kappa shape index (κ2) is 6.01. The molecule has 0 amide bonds. The fraction of sp³-hybridized carbons (Fsp3) is 0.556. The predicted molar refractivity (Wildman–Crippen MR) is 86.3 cm³/mol. The fourth-order valence-corrected chi connectivity index (χ4v) is 2.84. The van der Waals surface area contributed by atoms with Crippen molar-refractivity contribution in [1.29, 1.82) is 0 Å². The van der Waals surface area contributed by atoms with Crippen LogP contribution in [0.2, 0.25) is 0 Å². The molecule has 0 bridgehead atoms. The maximum atomic E-state index is 6.06. The molecule has 0 saturated carbocycles. The summed E-state index contributed by atoms with van der Waals surface area (Å²) in [7, 11) is 1.96. The van der Waals surface area contributed by atoms with Gasteiger partial charge in [-0.25, -0.2) is 0 Å². The molecule has 1 aromatic carbocycles. The van der Waals surface area contributed by atoms with E-state index < -0.39 is 0 Å². The van der Waals surface area contributed by atoms with Crippen molar-refractivity contribution in [2.75, 3.05) is 7.05 Å². The Morgan fingerprint density at radius 2 is 1.95 bits per heavy atom. The molecule has 20 heavy (non-hydrogen) atoms. The van der Waals surface area contributed by atoms with E-state index >= 15 is 0 Å². The van der Waals surface area contributed by atoms with Gasteiger partial charge in [0.05, 0.1) is 6.54 Å². The zero-order valence-corrected chi connectivity index (χ0v) is 13.5. The summed E-state index contributed by atoms with van der Waals surface area (Å²) in [6.07, 6.45) is 3.64. The number of furan rings is 1. The molecule has 0 saturated heterocycles. The van der Waals surface area contributed by atoms with Crippen molar-refractivity contribution in [3.8, 4) is 0 Å². The molecule has 2 aromatic rings. The number of nitrogens with one attached hydrogen (secondary N) is 1. The Balaban J connectivity index is 2.54. The number of benzene rings is 1. The monoisotopic (exact) mass is 273 g/mol. The van der Waals surface area contributed by atoms with Crippen molar-refractivity contribution in [3.63, 3.8) is 0 Å². The molecule has 0 unspecified atom stereocenters. The molecule has 2 heteroatoms. The van der Waals surface area contributed by atoms with Crippen LogP contribution >= 0.6 is 0 Å². The third-order valence-corrected chi connectivity index (χ3v) is 3.73. The number of fused-ring (bicyclic) bond motifs is 1. The lowest BCUT2D eigenvalue weighted by Crippen LogP contribution is -2.16. The Bertz CT molecular complexity index is 575. The van der Waals surface area contributed by atoms with Crippen molar-refractivity contribution < 1.29 is 4.42 Å². The van der Waals surface area contributed by atoms with Crippen LogP contribution in [0.3, 0.4) is 0 Å². The summed E-state index contributed by atoms with van der Waals surface area (Å²) < 4.78 is 6.06. The highest BCUT2D eigenvalue weighted by Gasteiger charge is 2.24. The zero-order chi connectivity index (χ0) is 14.8. The van der Waals surface area contributed by atoms with Crippen molar-refractivity contribution >= 4 is 11.0 Å². The van der Waals surface area contributed by atoms with Gasteiger partial charge in [-0.3, -0.25) is 0 Å². The summed E-state index contributed by atoms with van der Waals surface area (Å²) in [5.41, 5.74) is 3.88. The van der Waals surface area contributed by atoms with Crippen LogP contribution in [0.4, 0.5) is 0 Å². The van der Waals surface area contributed by atoms with E-state index in [2.05, 4.69) is 51.2 Å². The molecule has 1 aromatic heterocycles. The van der Waals surface area contributed by atoms with Gasteiger partial charge in [0.15, 0.2) is 0 Å². The molecule has 0 radical (unpaired) electrons. The number of hydrogen-bond acceptors (Lipinski definition) is 2. The second-order valence-corrected chi connectivity index (χ2v) is 6.61. The van der Waals surface area contributed by atoms with E-state index in [0.717, 1.165) is 24.3 Å². The molecular formula is C18H27NO. The highest BCUT2D eigenvalue weighted by Crippen LogP contribution is 2.36. The summed E-state index contributed by atoms with van der Waals surface area (Å²) in [6.45, 7) is 9.80. The minimum Gasteiger partial charge on any atom is -0.459 e. The van der Waals surface area contributed by atoms with E-state index in [1.165, 1.54) is 29.4 Å². The SMILES string of the molecule is CCCCc1ccc2oc(CNC)c(C(C)(C)C)c2c1. The molecule has 0 aliphatic carbocycles. The van der Waals surface area contributed by atoms with E-state index in [1.54, 1.807) is 0 Å². The summed E-state index contributed by atoms with van der Waals surface area (Å²) >= 11 is 0. The number of hydrogen-bond donors (Lipinski definition) is 1. The van der Waals surface area contributed by atoms with Gasteiger partial charge in [-0.15, -0.1) is 0 Å². The van der Waals surface area contributed by atoms with Crippen molar-refractivity contribution in [1.82, 2.24) is 5.32 Å². The van der Waals surface area contributed by atoms with Crippen LogP contribution in [0.15, 0.2) is 22.6 Å². The van der Waals surface area contributed by atoms with Crippen LogP contribution < -0.4 is 5.32 Å². The average Bonchev–Trinajstić information content (AvgIpc) is 2.73. The van der Waals surface area contributed by atoms with E-state index in [0.29, 0.717) is 0 Å². The molecular weight excluding hydrogens is 246 g/mol. The Morgan fingerprint density at radius 1 is 1.20 bits per heavy atom. The van der Waals surface area contributed by atoms with E-state index in [1.807, 2.05) is 7.05 Å². The third kappa shape index (κ3) is 3.06. The lowest BCUT2D eigenvalue weighted by molar-refractivity contribution is 0.495. The van der Waals surface area contributed by atoms with Crippen LogP contribution in [-0.2, 0) is 18.4 Å². The van der Waals surface area contributed by atoms with Gasteiger partial charge in [0, 0.05) is 10.9 Å². The standard InChI is InChI=1S/C18H27NO/c1-6-7-8-13-9-10-15-14(11-13)17(18(2,3)4)16(20-15)12-19-5/h9-11,19H,6-8,12H2,1-5H3. The minimum absolute atomic E-state index is 0.0980. The summed E-state index contributed by atoms with van der Waals surface area (Å²) in [6, 6.07) is 6.67. The molecule has 0 aliphatic rings. The van der Waals surface area contributed by atoms with Gasteiger partial charge in [0.2, 0.25) is 0 Å². The van der Waals surface area contributed by atoms with Gasteiger partial charge in [0.25, 0.3) is 0 Å². The third-order valence-electron chi connectivity index (χ3n) is 3.73. The molecule has 1 heterocycles. The van der Waals surface area contributed by atoms with Crippen LogP contribution in [0.25, 0.3) is 11.0 Å². The van der Waals surface area contributed by atoms with Crippen LogP contribution in [-0.4, -0.2) is 7.05 Å². The van der Waals surface area contributed by atoms with Crippen molar-refractivity contribution in [2.45, 2.75) is 58.9 Å². The Hall–Kier alpha value is -1.28. The van der Waals surface area contributed by atoms with Gasteiger partial charge in [-0.1, -0.05) is 40.2 Å². The maximum absolute atomic E-state index is 6.06. The van der Waals surface area contributed by atoms with E-state index in [9.17, 15) is 0 Å². The van der Waals surface area contributed by atoms with Gasteiger partial charge < -0.3 is 9.73 Å². The van der Waals surface area contributed by atoms with Crippen LogP contribution in [0.1, 0.15) is 57.4 Å². The smallest absolute Gasteiger partial charge is 0.134 e. The number of unbranched alkanes of at least 4 members (excludes halogenated alkanes) is 1. The lowest BCUT2D eigenvalue weighted by Gasteiger charge is -2.19. The minimum atomic E-state index is 0.0980. The zero-order valence-electron chi connectivity index (χ0n) is 13.5. The fourth-order valence-electron chi connectivity index (χ4n) is 2.84. The molecule has 0 spiro atoms. The molecule has 1 N–H and O–H groups in total. The summed E-state index contributed by atoms with van der Waals surface area (Å²) in [5.74, 6) is 1.07. The Kier molecular flexibility index (Phi) is 4.54. The van der Waals surface area contributed by atoms with Gasteiger partial charge in [0.1, 0.15) is 11.3 Å². The van der Waals surface area contributed by atoms with Crippen LogP contribution in [0.5, 0.6) is 0 Å². The van der Waals surface area contributed by atoms with Gasteiger partial charge >= 0.3 is 0 Å². The number of rotatable bonds is 5. The normalized spacial score (nSPS) is 12.2. The molecule has 2 nitrogen and oxygen atoms in total. The maximum Gasteiger partial charge on any atom is 0.134 e. The molecule has 2 rings (SSSR count). The molecule has 110 valence electrons. The van der Waals surface area contributed by atoms with Crippen molar-refractivity contribution in [2.24, 2.45) is 0 Å². The summed E-state index contributed by atoms with van der Waals surface area (Å²) in [4.78, 5) is 0. The average molecular weight is 273 g/mol. The van der Waals surface area contributed by atoms with Crippen LogP contribution in [0, 0.1) is 0 Å². The number of aryl methyl sites for hydroxylation is 1. The van der Waals surface area contributed by atoms with E-state index in [-0.39, 0.29) is 5.41 Å². The Morgan fingerprint density at radius 3 is 2.55 bits per heavy atom. The predicted octanol–water partition coefficient (Wildman–Crippen LogP) is 4.79. The Labute approximate surface area is 122 Å². The first-order valence-corrected chi connectivity index (χ1v) is 7.66. The topological polar surface area (TPSA) is 25.2 Å². The van der Waals surface area contributed by atoms with Gasteiger partial charge in [-0.05, 0) is 43.0 Å². The lowest BCUT2D eigenvalue weighted by atomic mass is 9.84. The van der Waals surface area contributed by atoms with Crippen molar-refractivity contribution in [3.05, 3.63) is 35.1 Å².